The predicted molar refractivity (Wildman–Crippen MR) is 118 cm³/mol. The quantitative estimate of drug-likeness (QED) is 0.431. The molecular weight excluding hydrogens is 460 g/mol. The van der Waals surface area contributed by atoms with Crippen molar-refractivity contribution in [2.45, 2.75) is 64.0 Å². The third-order valence-electron chi connectivity index (χ3n) is 5.12. The Morgan fingerprint density at radius 2 is 2.03 bits per heavy atom. The Kier molecular flexibility index (Phi) is 7.91. The molecule has 2 aromatic rings. The average molecular weight is 487 g/mol. The molecule has 0 aliphatic carbocycles. The topological polar surface area (TPSA) is 131 Å². The van der Waals surface area contributed by atoms with E-state index in [-0.39, 0.29) is 17.4 Å². The fourth-order valence-corrected chi connectivity index (χ4v) is 4.27. The number of amides is 1. The summed E-state index contributed by atoms with van der Waals surface area (Å²) in [6.45, 7) is 4.63. The minimum Gasteiger partial charge on any atom is -0.484 e. The molecule has 0 saturated carbocycles. The second-order valence-electron chi connectivity index (χ2n) is 7.78. The van der Waals surface area contributed by atoms with E-state index in [1.165, 1.54) is 11.6 Å². The maximum absolute atomic E-state index is 11.7. The summed E-state index contributed by atoms with van der Waals surface area (Å²) in [6.07, 6.45) is -4.98. The van der Waals surface area contributed by atoms with Gasteiger partial charge in [-0.1, -0.05) is 23.7 Å². The molecule has 1 aliphatic heterocycles. The van der Waals surface area contributed by atoms with E-state index >= 15 is 0 Å². The van der Waals surface area contributed by atoms with Crippen molar-refractivity contribution in [3.8, 4) is 5.75 Å². The molecule has 0 bridgehead atoms. The van der Waals surface area contributed by atoms with E-state index < -0.39 is 43.1 Å². The van der Waals surface area contributed by atoms with Crippen molar-refractivity contribution >= 4 is 29.7 Å². The van der Waals surface area contributed by atoms with Crippen molar-refractivity contribution in [1.29, 1.82) is 0 Å². The first kappa shape index (κ1) is 24.6. The zero-order chi connectivity index (χ0) is 23.6. The molecule has 2 heterocycles. The molecule has 0 spiro atoms. The number of aliphatic hydroxyl groups is 3. The van der Waals surface area contributed by atoms with Gasteiger partial charge in [0.2, 0.25) is 10.7 Å². The summed E-state index contributed by atoms with van der Waals surface area (Å²) in [5.74, 6) is 0.513. The van der Waals surface area contributed by atoms with Gasteiger partial charge in [0.1, 0.15) is 36.7 Å². The van der Waals surface area contributed by atoms with Crippen LogP contribution in [-0.2, 0) is 16.1 Å². The summed E-state index contributed by atoms with van der Waals surface area (Å²) in [4.78, 5) is 11.7. The number of halogens is 1. The van der Waals surface area contributed by atoms with E-state index in [0.717, 1.165) is 0 Å². The Morgan fingerprint density at radius 1 is 1.34 bits per heavy atom. The third-order valence-corrected chi connectivity index (χ3v) is 5.82. The lowest BCUT2D eigenvalue weighted by Crippen LogP contribution is -2.62. The van der Waals surface area contributed by atoms with Gasteiger partial charge in [0, 0.05) is 13.0 Å². The number of carbonyl (C=O) groups is 1. The fraction of sp³-hybridized carbons (Fsp3) is 0.550. The Hall–Kier alpha value is -2.02. The SMILES string of the molecule is CC(=O)N[C@@H]1[C@H](O)[C@H](O)[C@H](CO)O[C@@H]1n1nc(COc2ccccc2Cl)n(C(C)C)c1=S. The van der Waals surface area contributed by atoms with Crippen LogP contribution < -0.4 is 10.1 Å². The van der Waals surface area contributed by atoms with Crippen molar-refractivity contribution in [2.24, 2.45) is 0 Å². The first-order valence-corrected chi connectivity index (χ1v) is 10.9. The number of carbonyl (C=O) groups excluding carboxylic acids is 1. The summed E-state index contributed by atoms with van der Waals surface area (Å²) in [5, 5.41) is 38.0. The van der Waals surface area contributed by atoms with Gasteiger partial charge in [-0.05, 0) is 38.2 Å². The van der Waals surface area contributed by atoms with Gasteiger partial charge in [-0.2, -0.15) is 5.10 Å². The maximum atomic E-state index is 11.7. The van der Waals surface area contributed by atoms with Crippen LogP contribution in [0.2, 0.25) is 5.02 Å². The van der Waals surface area contributed by atoms with E-state index in [1.807, 2.05) is 13.8 Å². The Balaban J connectivity index is 1.99. The number of ether oxygens (including phenoxy) is 2. The summed E-state index contributed by atoms with van der Waals surface area (Å²) in [7, 11) is 0. The molecule has 1 saturated heterocycles. The molecular formula is C20H27ClN4O6S. The minimum absolute atomic E-state index is 0.0463. The first-order chi connectivity index (χ1) is 15.1. The lowest BCUT2D eigenvalue weighted by atomic mass is 9.96. The normalized spacial score (nSPS) is 25.7. The average Bonchev–Trinajstić information content (AvgIpc) is 3.07. The standard InChI is InChI=1S/C20H27ClN4O6S/c1-10(2)24-15(9-30-13-7-5-4-6-12(13)21)23-25(20(24)32)19-16(22-11(3)27)18(29)17(28)14(8-26)31-19/h4-7,10,14,16-19,26,28-29H,8-9H2,1-3H3,(H,22,27)/t14-,16+,17+,18-,19-/m0/s1. The molecule has 1 aromatic carbocycles. The van der Waals surface area contributed by atoms with Crippen LogP contribution in [0.15, 0.2) is 24.3 Å². The van der Waals surface area contributed by atoms with Gasteiger partial charge >= 0.3 is 0 Å². The van der Waals surface area contributed by atoms with Crippen molar-refractivity contribution in [3.05, 3.63) is 39.9 Å². The van der Waals surface area contributed by atoms with E-state index in [4.69, 9.17) is 33.3 Å². The van der Waals surface area contributed by atoms with Gasteiger partial charge in [0.05, 0.1) is 11.6 Å². The highest BCUT2D eigenvalue weighted by molar-refractivity contribution is 7.71. The highest BCUT2D eigenvalue weighted by atomic mass is 35.5. The summed E-state index contributed by atoms with van der Waals surface area (Å²) < 4.78 is 15.0. The predicted octanol–water partition coefficient (Wildman–Crippen LogP) is 1.34. The number of hydrogen-bond donors (Lipinski definition) is 4. The van der Waals surface area contributed by atoms with Gasteiger partial charge in [-0.15, -0.1) is 0 Å². The van der Waals surface area contributed by atoms with Crippen LogP contribution in [0.4, 0.5) is 0 Å². The number of aliphatic hydroxyl groups excluding tert-OH is 3. The number of benzene rings is 1. The van der Waals surface area contributed by atoms with Gasteiger partial charge in [-0.3, -0.25) is 9.36 Å². The Morgan fingerprint density at radius 3 is 2.62 bits per heavy atom. The molecule has 5 atom stereocenters. The highest BCUT2D eigenvalue weighted by Gasteiger charge is 2.46. The maximum Gasteiger partial charge on any atom is 0.217 e. The van der Waals surface area contributed by atoms with Crippen molar-refractivity contribution in [3.63, 3.8) is 0 Å². The number of nitrogens with one attached hydrogen (secondary N) is 1. The summed E-state index contributed by atoms with van der Waals surface area (Å²) in [5.41, 5.74) is 0. The van der Waals surface area contributed by atoms with Crippen molar-refractivity contribution < 1.29 is 29.6 Å². The molecule has 0 unspecified atom stereocenters. The van der Waals surface area contributed by atoms with Crippen molar-refractivity contribution in [2.75, 3.05) is 6.61 Å². The molecule has 1 aromatic heterocycles. The monoisotopic (exact) mass is 486 g/mol. The van der Waals surface area contributed by atoms with Crippen LogP contribution in [0.3, 0.4) is 0 Å². The van der Waals surface area contributed by atoms with Gasteiger partial charge in [0.25, 0.3) is 0 Å². The van der Waals surface area contributed by atoms with E-state index in [0.29, 0.717) is 16.6 Å². The molecule has 10 nitrogen and oxygen atoms in total. The number of nitrogens with zero attached hydrogens (tertiary/aromatic N) is 3. The largest absolute Gasteiger partial charge is 0.484 e. The molecule has 1 amide bonds. The van der Waals surface area contributed by atoms with E-state index in [1.54, 1.807) is 28.8 Å². The highest BCUT2D eigenvalue weighted by Crippen LogP contribution is 2.30. The minimum atomic E-state index is -1.41. The van der Waals surface area contributed by atoms with E-state index in [9.17, 15) is 20.1 Å². The molecule has 3 rings (SSSR count). The van der Waals surface area contributed by atoms with Crippen LogP contribution in [-0.4, -0.2) is 66.5 Å². The van der Waals surface area contributed by atoms with Crippen LogP contribution in [0.1, 0.15) is 38.9 Å². The first-order valence-electron chi connectivity index (χ1n) is 10.1. The van der Waals surface area contributed by atoms with Crippen LogP contribution >= 0.6 is 23.8 Å². The van der Waals surface area contributed by atoms with Crippen LogP contribution in [0.25, 0.3) is 0 Å². The van der Waals surface area contributed by atoms with Gasteiger partial charge in [0.15, 0.2) is 12.1 Å². The molecule has 12 heteroatoms. The van der Waals surface area contributed by atoms with Gasteiger partial charge < -0.3 is 30.1 Å². The zero-order valence-corrected chi connectivity index (χ0v) is 19.5. The third kappa shape index (κ3) is 4.98. The summed E-state index contributed by atoms with van der Waals surface area (Å²) in [6, 6.07) is 5.89. The zero-order valence-electron chi connectivity index (χ0n) is 17.9. The van der Waals surface area contributed by atoms with E-state index in [2.05, 4.69) is 10.4 Å². The molecule has 1 fully saturated rings. The molecule has 32 heavy (non-hydrogen) atoms. The molecule has 1 aliphatic rings. The second kappa shape index (κ2) is 10.3. The lowest BCUT2D eigenvalue weighted by Gasteiger charge is -2.42. The molecule has 176 valence electrons. The fourth-order valence-electron chi connectivity index (χ4n) is 3.62. The Bertz CT molecular complexity index is 1010. The number of para-hydroxylation sites is 1. The van der Waals surface area contributed by atoms with Crippen LogP contribution in [0, 0.1) is 4.77 Å². The van der Waals surface area contributed by atoms with Crippen molar-refractivity contribution in [1.82, 2.24) is 19.7 Å². The molecule has 0 radical (unpaired) electrons. The number of hydrogen-bond acceptors (Lipinski definition) is 8. The smallest absolute Gasteiger partial charge is 0.217 e. The summed E-state index contributed by atoms with van der Waals surface area (Å²) >= 11 is 11.8. The number of aromatic nitrogens is 3. The van der Waals surface area contributed by atoms with Gasteiger partial charge in [-0.25, -0.2) is 4.68 Å². The lowest BCUT2D eigenvalue weighted by molar-refractivity contribution is -0.219. The van der Waals surface area contributed by atoms with Crippen LogP contribution in [0.5, 0.6) is 5.75 Å². The Labute approximate surface area is 195 Å². The number of rotatable bonds is 7. The molecule has 4 N–H and O–H groups in total. The second-order valence-corrected chi connectivity index (χ2v) is 8.55.